The Morgan fingerprint density at radius 3 is 1.45 bits per heavy atom. The maximum atomic E-state index is 6.71. The van der Waals surface area contributed by atoms with Gasteiger partial charge in [0, 0.05) is 21.7 Å². The van der Waals surface area contributed by atoms with Crippen molar-refractivity contribution in [2.24, 2.45) is 0 Å². The molecule has 0 bridgehead atoms. The standard InChI is InChI=1S/C52H32O/c1-2-13-33(14-3-1)37-17-12-18-39(31-37)49-44-23-10-8-21-42(44)48(43-22-9-11-24-45(43)49)35-25-27-36(28-26-35)50-40-19-6-5-16-38(40)32-47-51(50)46-30-29-34-15-4-7-20-41(34)52(46)53-47/h1-32H. The molecule has 0 saturated heterocycles. The van der Waals surface area contributed by atoms with E-state index in [-0.39, 0.29) is 0 Å². The highest BCUT2D eigenvalue weighted by Gasteiger charge is 2.20. The summed E-state index contributed by atoms with van der Waals surface area (Å²) in [6.07, 6.45) is 0. The largest absolute Gasteiger partial charge is 0.455 e. The Labute approximate surface area is 307 Å². The van der Waals surface area contributed by atoms with Crippen LogP contribution in [-0.4, -0.2) is 0 Å². The van der Waals surface area contributed by atoms with E-state index in [1.54, 1.807) is 0 Å². The van der Waals surface area contributed by atoms with Crippen LogP contribution >= 0.6 is 0 Å². The molecule has 10 aromatic carbocycles. The minimum Gasteiger partial charge on any atom is -0.455 e. The van der Waals surface area contributed by atoms with Gasteiger partial charge in [0.05, 0.1) is 0 Å². The van der Waals surface area contributed by atoms with Crippen LogP contribution in [0.3, 0.4) is 0 Å². The predicted molar refractivity (Wildman–Crippen MR) is 225 cm³/mol. The molecule has 0 aliphatic carbocycles. The van der Waals surface area contributed by atoms with Crippen molar-refractivity contribution >= 4 is 65.0 Å². The summed E-state index contributed by atoms with van der Waals surface area (Å²) in [6, 6.07) is 70.5. The quantitative estimate of drug-likeness (QED) is 0.170. The number of rotatable bonds is 4. The minimum absolute atomic E-state index is 0.915. The second-order valence-electron chi connectivity index (χ2n) is 14.0. The monoisotopic (exact) mass is 672 g/mol. The van der Waals surface area contributed by atoms with E-state index in [4.69, 9.17) is 4.42 Å². The highest BCUT2D eigenvalue weighted by Crippen LogP contribution is 2.46. The van der Waals surface area contributed by atoms with Crippen molar-refractivity contribution in [3.8, 4) is 44.5 Å². The van der Waals surface area contributed by atoms with Gasteiger partial charge < -0.3 is 4.42 Å². The SMILES string of the molecule is c1ccc(-c2cccc(-c3c4ccccc4c(-c4ccc(-c5c6ccccc6cc6oc7c8ccccc8ccc7c56)cc4)c4ccccc34)c2)cc1. The zero-order valence-electron chi connectivity index (χ0n) is 28.9. The summed E-state index contributed by atoms with van der Waals surface area (Å²) < 4.78 is 6.71. The molecule has 0 saturated carbocycles. The summed E-state index contributed by atoms with van der Waals surface area (Å²) in [5, 5.41) is 12.0. The molecule has 246 valence electrons. The Balaban J connectivity index is 1.13. The first-order chi connectivity index (χ1) is 26.3. The Bertz CT molecular complexity index is 3150. The van der Waals surface area contributed by atoms with Gasteiger partial charge >= 0.3 is 0 Å². The van der Waals surface area contributed by atoms with Gasteiger partial charge in [0.1, 0.15) is 11.2 Å². The molecule has 0 amide bonds. The molecule has 1 heterocycles. The van der Waals surface area contributed by atoms with Gasteiger partial charge in [-0.2, -0.15) is 0 Å². The lowest BCUT2D eigenvalue weighted by Gasteiger charge is -2.18. The summed E-state index contributed by atoms with van der Waals surface area (Å²) in [7, 11) is 0. The third-order valence-corrected chi connectivity index (χ3v) is 11.0. The Kier molecular flexibility index (Phi) is 6.62. The van der Waals surface area contributed by atoms with Crippen LogP contribution in [0.1, 0.15) is 0 Å². The lowest BCUT2D eigenvalue weighted by atomic mass is 9.85. The molecule has 0 aliphatic heterocycles. The first kappa shape index (κ1) is 29.7. The smallest absolute Gasteiger partial charge is 0.143 e. The van der Waals surface area contributed by atoms with Crippen molar-refractivity contribution in [2.45, 2.75) is 0 Å². The molecule has 1 nitrogen and oxygen atoms in total. The average Bonchev–Trinajstić information content (AvgIpc) is 3.61. The molecule has 0 fully saturated rings. The van der Waals surface area contributed by atoms with E-state index in [0.717, 1.165) is 27.3 Å². The van der Waals surface area contributed by atoms with Crippen LogP contribution in [0.2, 0.25) is 0 Å². The molecule has 0 unspecified atom stereocenters. The summed E-state index contributed by atoms with van der Waals surface area (Å²) in [6.45, 7) is 0. The lowest BCUT2D eigenvalue weighted by molar-refractivity contribution is 0.673. The average molecular weight is 673 g/mol. The number of fused-ring (bicyclic) bond motifs is 8. The second kappa shape index (κ2) is 11.8. The summed E-state index contributed by atoms with van der Waals surface area (Å²) in [4.78, 5) is 0. The zero-order chi connectivity index (χ0) is 34.9. The van der Waals surface area contributed by atoms with Crippen molar-refractivity contribution < 1.29 is 4.42 Å². The fourth-order valence-electron chi connectivity index (χ4n) is 8.67. The molecule has 0 aliphatic rings. The van der Waals surface area contributed by atoms with Crippen LogP contribution in [0.5, 0.6) is 0 Å². The van der Waals surface area contributed by atoms with Crippen molar-refractivity contribution in [2.75, 3.05) is 0 Å². The van der Waals surface area contributed by atoms with Gasteiger partial charge in [0.25, 0.3) is 0 Å². The zero-order valence-corrected chi connectivity index (χ0v) is 28.9. The van der Waals surface area contributed by atoms with Crippen molar-refractivity contribution in [1.82, 2.24) is 0 Å². The van der Waals surface area contributed by atoms with Crippen LogP contribution in [0, 0.1) is 0 Å². The molecule has 53 heavy (non-hydrogen) atoms. The van der Waals surface area contributed by atoms with E-state index in [2.05, 4.69) is 194 Å². The van der Waals surface area contributed by atoms with E-state index in [0.29, 0.717) is 0 Å². The highest BCUT2D eigenvalue weighted by molar-refractivity contribution is 6.25. The van der Waals surface area contributed by atoms with Crippen molar-refractivity contribution in [1.29, 1.82) is 0 Å². The van der Waals surface area contributed by atoms with E-state index in [1.165, 1.54) is 82.2 Å². The van der Waals surface area contributed by atoms with Gasteiger partial charge in [0.15, 0.2) is 0 Å². The molecular weight excluding hydrogens is 641 g/mol. The Morgan fingerprint density at radius 1 is 0.264 bits per heavy atom. The van der Waals surface area contributed by atoms with Crippen LogP contribution in [-0.2, 0) is 0 Å². The lowest BCUT2D eigenvalue weighted by Crippen LogP contribution is -1.91. The predicted octanol–water partition coefficient (Wildman–Crippen LogP) is 14.9. The Morgan fingerprint density at radius 2 is 0.774 bits per heavy atom. The van der Waals surface area contributed by atoms with Crippen LogP contribution in [0.15, 0.2) is 199 Å². The molecule has 11 rings (SSSR count). The molecule has 0 spiro atoms. The van der Waals surface area contributed by atoms with E-state index < -0.39 is 0 Å². The maximum Gasteiger partial charge on any atom is 0.143 e. The third kappa shape index (κ3) is 4.64. The number of hydrogen-bond donors (Lipinski definition) is 0. The van der Waals surface area contributed by atoms with E-state index in [9.17, 15) is 0 Å². The van der Waals surface area contributed by atoms with Gasteiger partial charge in [-0.3, -0.25) is 0 Å². The number of benzene rings is 10. The Hall–Kier alpha value is -6.96. The third-order valence-electron chi connectivity index (χ3n) is 11.0. The van der Waals surface area contributed by atoms with Crippen molar-refractivity contribution in [3.63, 3.8) is 0 Å². The maximum absolute atomic E-state index is 6.71. The van der Waals surface area contributed by atoms with E-state index in [1.807, 2.05) is 0 Å². The second-order valence-corrected chi connectivity index (χ2v) is 14.0. The summed E-state index contributed by atoms with van der Waals surface area (Å²) in [5.41, 5.74) is 11.6. The van der Waals surface area contributed by atoms with E-state index >= 15 is 0 Å². The van der Waals surface area contributed by atoms with Crippen LogP contribution < -0.4 is 0 Å². The first-order valence-corrected chi connectivity index (χ1v) is 18.3. The molecule has 0 N–H and O–H groups in total. The molecular formula is C52H32O. The van der Waals surface area contributed by atoms with Crippen LogP contribution in [0.25, 0.3) is 110 Å². The topological polar surface area (TPSA) is 13.1 Å². The van der Waals surface area contributed by atoms with Gasteiger partial charge in [-0.1, -0.05) is 176 Å². The number of furan rings is 1. The first-order valence-electron chi connectivity index (χ1n) is 18.3. The fraction of sp³-hybridized carbons (Fsp3) is 0. The van der Waals surface area contributed by atoms with Gasteiger partial charge in [-0.25, -0.2) is 0 Å². The summed E-state index contributed by atoms with van der Waals surface area (Å²) >= 11 is 0. The summed E-state index contributed by atoms with van der Waals surface area (Å²) in [5.74, 6) is 0. The molecule has 1 aromatic heterocycles. The molecule has 1 heteroatoms. The number of hydrogen-bond acceptors (Lipinski definition) is 1. The fourth-order valence-corrected chi connectivity index (χ4v) is 8.67. The normalized spacial score (nSPS) is 11.8. The van der Waals surface area contributed by atoms with Crippen LogP contribution in [0.4, 0.5) is 0 Å². The molecule has 0 atom stereocenters. The van der Waals surface area contributed by atoms with Crippen molar-refractivity contribution in [3.05, 3.63) is 194 Å². The minimum atomic E-state index is 0.915. The molecule has 11 aromatic rings. The highest BCUT2D eigenvalue weighted by atomic mass is 16.3. The van der Waals surface area contributed by atoms with Gasteiger partial charge in [-0.15, -0.1) is 0 Å². The molecule has 0 radical (unpaired) electrons. The van der Waals surface area contributed by atoms with Gasteiger partial charge in [0.2, 0.25) is 0 Å². The van der Waals surface area contributed by atoms with Gasteiger partial charge in [-0.05, 0) is 94.8 Å².